The predicted octanol–water partition coefficient (Wildman–Crippen LogP) is 3.39. The summed E-state index contributed by atoms with van der Waals surface area (Å²) in [4.78, 5) is 12.2. The van der Waals surface area contributed by atoms with Crippen LogP contribution in [-0.4, -0.2) is 5.91 Å². The van der Waals surface area contributed by atoms with Gasteiger partial charge in [0, 0.05) is 16.9 Å². The monoisotopic (exact) mass is 254 g/mol. The SMILES string of the molecule is CCc1cc(N)cc(C)c1NC(=O)c1ccccc1. The molecule has 3 N–H and O–H groups in total. The number of rotatable bonds is 3. The Labute approximate surface area is 113 Å². The smallest absolute Gasteiger partial charge is 0.255 e. The molecule has 2 rings (SSSR count). The molecule has 0 saturated carbocycles. The first-order chi connectivity index (χ1) is 9.11. The van der Waals surface area contributed by atoms with Gasteiger partial charge >= 0.3 is 0 Å². The number of carbonyl (C=O) groups is 1. The molecule has 0 unspecified atom stereocenters. The summed E-state index contributed by atoms with van der Waals surface area (Å²) in [5, 5.41) is 2.98. The molecule has 0 aliphatic rings. The summed E-state index contributed by atoms with van der Waals surface area (Å²) in [5.74, 6) is -0.0943. The van der Waals surface area contributed by atoms with E-state index in [9.17, 15) is 4.79 Å². The molecule has 0 saturated heterocycles. The number of amides is 1. The van der Waals surface area contributed by atoms with Crippen molar-refractivity contribution >= 4 is 17.3 Å². The molecular formula is C16H18N2O. The minimum Gasteiger partial charge on any atom is -0.399 e. The molecular weight excluding hydrogens is 236 g/mol. The van der Waals surface area contributed by atoms with Crippen LogP contribution in [0, 0.1) is 6.92 Å². The average molecular weight is 254 g/mol. The van der Waals surface area contributed by atoms with Crippen molar-refractivity contribution in [3.8, 4) is 0 Å². The number of nitrogen functional groups attached to an aromatic ring is 1. The summed E-state index contributed by atoms with van der Waals surface area (Å²) in [6.07, 6.45) is 0.830. The van der Waals surface area contributed by atoms with E-state index >= 15 is 0 Å². The van der Waals surface area contributed by atoms with Crippen LogP contribution in [0.25, 0.3) is 0 Å². The second-order valence-electron chi connectivity index (χ2n) is 4.55. The maximum Gasteiger partial charge on any atom is 0.255 e. The first-order valence-corrected chi connectivity index (χ1v) is 6.37. The zero-order chi connectivity index (χ0) is 13.8. The number of hydrogen-bond donors (Lipinski definition) is 2. The topological polar surface area (TPSA) is 55.1 Å². The van der Waals surface area contributed by atoms with Crippen molar-refractivity contribution < 1.29 is 4.79 Å². The van der Waals surface area contributed by atoms with E-state index < -0.39 is 0 Å². The lowest BCUT2D eigenvalue weighted by atomic mass is 10.0. The maximum absolute atomic E-state index is 12.2. The molecule has 19 heavy (non-hydrogen) atoms. The third-order valence-corrected chi connectivity index (χ3v) is 3.09. The van der Waals surface area contributed by atoms with Crippen LogP contribution in [0.5, 0.6) is 0 Å². The van der Waals surface area contributed by atoms with E-state index in [1.807, 2.05) is 44.2 Å². The lowest BCUT2D eigenvalue weighted by molar-refractivity contribution is 0.102. The van der Waals surface area contributed by atoms with Crippen LogP contribution < -0.4 is 11.1 Å². The van der Waals surface area contributed by atoms with E-state index in [0.717, 1.165) is 28.9 Å². The molecule has 0 fully saturated rings. The van der Waals surface area contributed by atoms with Crippen molar-refractivity contribution in [1.29, 1.82) is 0 Å². The van der Waals surface area contributed by atoms with Gasteiger partial charge in [-0.1, -0.05) is 25.1 Å². The van der Waals surface area contributed by atoms with Gasteiger partial charge in [-0.25, -0.2) is 0 Å². The normalized spacial score (nSPS) is 10.2. The Hall–Kier alpha value is -2.29. The highest BCUT2D eigenvalue weighted by molar-refractivity contribution is 6.05. The Balaban J connectivity index is 2.31. The molecule has 3 nitrogen and oxygen atoms in total. The van der Waals surface area contributed by atoms with Crippen LogP contribution >= 0.6 is 0 Å². The van der Waals surface area contributed by atoms with Crippen molar-refractivity contribution in [3.05, 3.63) is 59.2 Å². The van der Waals surface area contributed by atoms with Crippen LogP contribution in [0.4, 0.5) is 11.4 Å². The maximum atomic E-state index is 12.2. The Morgan fingerprint density at radius 1 is 1.21 bits per heavy atom. The summed E-state index contributed by atoms with van der Waals surface area (Å²) in [6, 6.07) is 13.0. The summed E-state index contributed by atoms with van der Waals surface area (Å²) in [6.45, 7) is 4.00. The molecule has 2 aromatic carbocycles. The number of carbonyl (C=O) groups excluding carboxylic acids is 1. The Kier molecular flexibility index (Phi) is 3.85. The van der Waals surface area contributed by atoms with Gasteiger partial charge in [-0.05, 0) is 48.7 Å². The van der Waals surface area contributed by atoms with Gasteiger partial charge in [0.25, 0.3) is 5.91 Å². The van der Waals surface area contributed by atoms with E-state index in [-0.39, 0.29) is 5.91 Å². The van der Waals surface area contributed by atoms with E-state index in [4.69, 9.17) is 5.73 Å². The van der Waals surface area contributed by atoms with Gasteiger partial charge in [-0.2, -0.15) is 0 Å². The molecule has 0 aliphatic heterocycles. The third kappa shape index (κ3) is 2.94. The zero-order valence-corrected chi connectivity index (χ0v) is 11.2. The summed E-state index contributed by atoms with van der Waals surface area (Å²) in [5.41, 5.74) is 10.1. The Bertz CT molecular complexity index is 591. The number of nitrogens with one attached hydrogen (secondary N) is 1. The molecule has 0 spiro atoms. The Morgan fingerprint density at radius 2 is 1.89 bits per heavy atom. The molecule has 1 amide bonds. The summed E-state index contributed by atoms with van der Waals surface area (Å²) >= 11 is 0. The molecule has 0 radical (unpaired) electrons. The lowest BCUT2D eigenvalue weighted by Crippen LogP contribution is -2.14. The minimum atomic E-state index is -0.0943. The minimum absolute atomic E-state index is 0.0943. The Morgan fingerprint density at radius 3 is 2.53 bits per heavy atom. The van der Waals surface area contributed by atoms with E-state index in [1.165, 1.54) is 0 Å². The van der Waals surface area contributed by atoms with Crippen LogP contribution in [0.1, 0.15) is 28.4 Å². The fraction of sp³-hybridized carbons (Fsp3) is 0.188. The molecule has 0 bridgehead atoms. The molecule has 0 heterocycles. The average Bonchev–Trinajstić information content (AvgIpc) is 2.42. The number of aryl methyl sites for hydroxylation is 2. The van der Waals surface area contributed by atoms with Gasteiger partial charge in [0.1, 0.15) is 0 Å². The molecule has 0 aliphatic carbocycles. The van der Waals surface area contributed by atoms with Gasteiger partial charge in [0.2, 0.25) is 0 Å². The van der Waals surface area contributed by atoms with Gasteiger partial charge < -0.3 is 11.1 Å². The third-order valence-electron chi connectivity index (χ3n) is 3.09. The zero-order valence-electron chi connectivity index (χ0n) is 11.2. The molecule has 0 atom stereocenters. The van der Waals surface area contributed by atoms with Crippen LogP contribution in [0.15, 0.2) is 42.5 Å². The second-order valence-corrected chi connectivity index (χ2v) is 4.55. The van der Waals surface area contributed by atoms with Crippen molar-refractivity contribution in [2.24, 2.45) is 0 Å². The van der Waals surface area contributed by atoms with Gasteiger partial charge in [-0.3, -0.25) is 4.79 Å². The van der Waals surface area contributed by atoms with Gasteiger partial charge in [0.05, 0.1) is 0 Å². The highest BCUT2D eigenvalue weighted by atomic mass is 16.1. The van der Waals surface area contributed by atoms with Crippen LogP contribution in [0.3, 0.4) is 0 Å². The first-order valence-electron chi connectivity index (χ1n) is 6.37. The number of nitrogens with two attached hydrogens (primary N) is 1. The fourth-order valence-corrected chi connectivity index (χ4v) is 2.12. The number of benzene rings is 2. The predicted molar refractivity (Wildman–Crippen MR) is 79.4 cm³/mol. The fourth-order valence-electron chi connectivity index (χ4n) is 2.12. The van der Waals surface area contributed by atoms with Crippen LogP contribution in [0.2, 0.25) is 0 Å². The molecule has 0 aromatic heterocycles. The van der Waals surface area contributed by atoms with Crippen molar-refractivity contribution in [2.75, 3.05) is 11.1 Å². The lowest BCUT2D eigenvalue weighted by Gasteiger charge is -2.14. The molecule has 98 valence electrons. The summed E-state index contributed by atoms with van der Waals surface area (Å²) < 4.78 is 0. The highest BCUT2D eigenvalue weighted by Gasteiger charge is 2.11. The largest absolute Gasteiger partial charge is 0.399 e. The highest BCUT2D eigenvalue weighted by Crippen LogP contribution is 2.25. The second kappa shape index (κ2) is 5.57. The number of hydrogen-bond acceptors (Lipinski definition) is 2. The van der Waals surface area contributed by atoms with Crippen molar-refractivity contribution in [1.82, 2.24) is 0 Å². The van der Waals surface area contributed by atoms with Crippen LogP contribution in [-0.2, 0) is 6.42 Å². The summed E-state index contributed by atoms with van der Waals surface area (Å²) in [7, 11) is 0. The van der Waals surface area contributed by atoms with Gasteiger partial charge in [0.15, 0.2) is 0 Å². The van der Waals surface area contributed by atoms with E-state index in [0.29, 0.717) is 5.56 Å². The quantitative estimate of drug-likeness (QED) is 0.825. The van der Waals surface area contributed by atoms with Crippen molar-refractivity contribution in [3.63, 3.8) is 0 Å². The molecule has 3 heteroatoms. The van der Waals surface area contributed by atoms with E-state index in [1.54, 1.807) is 12.1 Å². The number of anilines is 2. The molecule has 2 aromatic rings. The first kappa shape index (κ1) is 13.1. The van der Waals surface area contributed by atoms with Gasteiger partial charge in [-0.15, -0.1) is 0 Å². The van der Waals surface area contributed by atoms with E-state index in [2.05, 4.69) is 5.32 Å². The van der Waals surface area contributed by atoms with Crippen molar-refractivity contribution in [2.45, 2.75) is 20.3 Å². The standard InChI is InChI=1S/C16H18N2O/c1-3-12-10-14(17)9-11(2)15(12)18-16(19)13-7-5-4-6-8-13/h4-10H,3,17H2,1-2H3,(H,18,19).